The zero-order valence-corrected chi connectivity index (χ0v) is 20.1. The molecule has 36 heavy (non-hydrogen) atoms. The maximum Gasteiger partial charge on any atom is 0.339 e. The first-order valence-electron chi connectivity index (χ1n) is 11.2. The molecule has 0 bridgehead atoms. The predicted molar refractivity (Wildman–Crippen MR) is 136 cm³/mol. The number of halogens is 2. The highest BCUT2D eigenvalue weighted by Crippen LogP contribution is 2.41. The highest BCUT2D eigenvalue weighted by molar-refractivity contribution is 6.36. The van der Waals surface area contributed by atoms with Crippen LogP contribution in [0.1, 0.15) is 27.0 Å². The number of carbonyl (C=O) groups excluding carboxylic acids is 1. The van der Waals surface area contributed by atoms with Crippen molar-refractivity contribution in [1.29, 1.82) is 0 Å². The highest BCUT2D eigenvalue weighted by atomic mass is 35.5. The average molecular weight is 498 g/mol. The van der Waals surface area contributed by atoms with Crippen LogP contribution in [0.2, 0.25) is 5.02 Å². The van der Waals surface area contributed by atoms with Crippen LogP contribution < -0.4 is 0 Å². The summed E-state index contributed by atoms with van der Waals surface area (Å²) in [5, 5.41) is 4.83. The number of ether oxygens (including phenoxy) is 1. The lowest BCUT2D eigenvalue weighted by Crippen LogP contribution is -2.38. The van der Waals surface area contributed by atoms with Gasteiger partial charge in [0.25, 0.3) is 0 Å². The van der Waals surface area contributed by atoms with E-state index < -0.39 is 17.3 Å². The molecule has 0 aliphatic carbocycles. The molecule has 0 spiro atoms. The lowest BCUT2D eigenvalue weighted by molar-refractivity contribution is 0.0600. The summed E-state index contributed by atoms with van der Waals surface area (Å²) in [6.45, 7) is 0. The molecule has 0 aliphatic rings. The van der Waals surface area contributed by atoms with Gasteiger partial charge in [-0.3, -0.25) is 0 Å². The number of benzene rings is 4. The van der Waals surface area contributed by atoms with Crippen LogP contribution in [0, 0.1) is 5.82 Å². The molecular formula is C29H21ClFN3O2. The van der Waals surface area contributed by atoms with Crippen LogP contribution in [0.3, 0.4) is 0 Å². The average Bonchev–Trinajstić information content (AvgIpc) is 3.42. The Hall–Kier alpha value is -4.29. The quantitative estimate of drug-likeness (QED) is 0.202. The molecule has 4 aromatic carbocycles. The number of aromatic nitrogens is 3. The summed E-state index contributed by atoms with van der Waals surface area (Å²) in [5.74, 6) is -1.21. The van der Waals surface area contributed by atoms with Crippen molar-refractivity contribution in [3.63, 3.8) is 0 Å². The lowest BCUT2D eigenvalue weighted by Gasteiger charge is -2.35. The molecule has 7 heteroatoms. The zero-order valence-electron chi connectivity index (χ0n) is 19.3. The third-order valence-corrected chi connectivity index (χ3v) is 6.50. The van der Waals surface area contributed by atoms with Gasteiger partial charge in [-0.15, -0.1) is 5.10 Å². The second-order valence-corrected chi connectivity index (χ2v) is 8.51. The summed E-state index contributed by atoms with van der Waals surface area (Å²) < 4.78 is 21.0. The first-order valence-corrected chi connectivity index (χ1v) is 11.6. The monoisotopic (exact) mass is 497 g/mol. The van der Waals surface area contributed by atoms with Crippen molar-refractivity contribution >= 4 is 17.6 Å². The summed E-state index contributed by atoms with van der Waals surface area (Å²) in [7, 11) is 1.21. The third kappa shape index (κ3) is 3.95. The molecular weight excluding hydrogens is 477 g/mol. The Morgan fingerprint density at radius 2 is 1.36 bits per heavy atom. The summed E-state index contributed by atoms with van der Waals surface area (Å²) in [4.78, 5) is 16.7. The molecule has 0 fully saturated rings. The Kier molecular flexibility index (Phi) is 6.36. The number of carbonyl (C=O) groups is 1. The third-order valence-electron chi connectivity index (χ3n) is 6.09. The van der Waals surface area contributed by atoms with Crippen LogP contribution in [-0.4, -0.2) is 27.8 Å². The Balaban J connectivity index is 1.79. The lowest BCUT2D eigenvalue weighted by atomic mass is 9.77. The van der Waals surface area contributed by atoms with Crippen LogP contribution in [-0.2, 0) is 10.3 Å². The summed E-state index contributed by atoms with van der Waals surface area (Å²) in [6.07, 6.45) is 1.60. The highest BCUT2D eigenvalue weighted by Gasteiger charge is 2.39. The van der Waals surface area contributed by atoms with Gasteiger partial charge in [0.2, 0.25) is 0 Å². The van der Waals surface area contributed by atoms with Crippen molar-refractivity contribution < 1.29 is 13.9 Å². The molecule has 0 unspecified atom stereocenters. The topological polar surface area (TPSA) is 57.0 Å². The molecule has 5 nitrogen and oxygen atoms in total. The number of esters is 1. The molecule has 0 radical (unpaired) electrons. The number of hydrogen-bond donors (Lipinski definition) is 0. The Labute approximate surface area is 212 Å². The molecule has 0 saturated carbocycles. The van der Waals surface area contributed by atoms with E-state index in [4.69, 9.17) is 21.4 Å². The normalized spacial score (nSPS) is 11.3. The molecule has 0 aliphatic heterocycles. The molecule has 0 saturated heterocycles. The van der Waals surface area contributed by atoms with E-state index in [-0.39, 0.29) is 22.0 Å². The molecule has 5 rings (SSSR count). The van der Waals surface area contributed by atoms with E-state index in [9.17, 15) is 9.18 Å². The van der Waals surface area contributed by atoms with Gasteiger partial charge in [-0.1, -0.05) is 103 Å². The van der Waals surface area contributed by atoms with Crippen LogP contribution in [0.5, 0.6) is 0 Å². The number of rotatable bonds is 6. The van der Waals surface area contributed by atoms with Gasteiger partial charge < -0.3 is 4.74 Å². The number of hydrogen-bond acceptors (Lipinski definition) is 4. The van der Waals surface area contributed by atoms with Gasteiger partial charge in [0.1, 0.15) is 17.7 Å². The molecule has 0 amide bonds. The van der Waals surface area contributed by atoms with Crippen molar-refractivity contribution in [3.05, 3.63) is 143 Å². The van der Waals surface area contributed by atoms with E-state index in [0.29, 0.717) is 0 Å². The Morgan fingerprint density at radius 1 is 0.861 bits per heavy atom. The number of methoxy groups -OCH3 is 1. The van der Waals surface area contributed by atoms with E-state index in [1.54, 1.807) is 11.0 Å². The zero-order chi connectivity index (χ0) is 25.1. The van der Waals surface area contributed by atoms with E-state index in [1.165, 1.54) is 13.2 Å². The van der Waals surface area contributed by atoms with E-state index in [2.05, 4.69) is 4.98 Å². The van der Waals surface area contributed by atoms with Crippen LogP contribution >= 0.6 is 11.6 Å². The molecule has 5 aromatic rings. The van der Waals surface area contributed by atoms with Crippen molar-refractivity contribution in [1.82, 2.24) is 14.8 Å². The summed E-state index contributed by atoms with van der Waals surface area (Å²) in [5.41, 5.74) is 2.09. The summed E-state index contributed by atoms with van der Waals surface area (Å²) >= 11 is 6.51. The number of nitrogens with zero attached hydrogens (tertiary/aromatic N) is 3. The minimum atomic E-state index is -0.889. The van der Waals surface area contributed by atoms with Gasteiger partial charge in [0.15, 0.2) is 5.82 Å². The second-order valence-electron chi connectivity index (χ2n) is 8.13. The fourth-order valence-corrected chi connectivity index (χ4v) is 4.76. The summed E-state index contributed by atoms with van der Waals surface area (Å²) in [6, 6.07) is 32.2. The van der Waals surface area contributed by atoms with Gasteiger partial charge in [-0.05, 0) is 28.8 Å². The van der Waals surface area contributed by atoms with Crippen molar-refractivity contribution in [2.75, 3.05) is 7.11 Å². The minimum Gasteiger partial charge on any atom is -0.465 e. The van der Waals surface area contributed by atoms with Crippen LogP contribution in [0.4, 0.5) is 4.39 Å². The fraction of sp³-hybridized carbons (Fsp3) is 0.0690. The first kappa shape index (κ1) is 23.5. The predicted octanol–water partition coefficient (Wildman–Crippen LogP) is 6.36. The molecule has 178 valence electrons. The SMILES string of the molecule is COC(=O)c1cc(F)cc(-c2ncn(C(c3ccccc3)(c3ccccc3)c3ccccc3)n2)c1Cl. The van der Waals surface area contributed by atoms with Crippen molar-refractivity contribution in [2.45, 2.75) is 5.54 Å². The fourth-order valence-electron chi connectivity index (χ4n) is 4.49. The molecule has 0 atom stereocenters. The van der Waals surface area contributed by atoms with E-state index in [1.807, 2.05) is 91.0 Å². The minimum absolute atomic E-state index is 0.0192. The van der Waals surface area contributed by atoms with Gasteiger partial charge in [-0.2, -0.15) is 0 Å². The second kappa shape index (κ2) is 9.76. The molecule has 1 aromatic heterocycles. The van der Waals surface area contributed by atoms with Gasteiger partial charge >= 0.3 is 5.97 Å². The standard InChI is InChI=1S/C29H21ClFN3O2/c1-36-28(35)25-18-23(31)17-24(26(25)30)27-32-19-34(33-27)29(20-11-5-2-6-12-20,21-13-7-3-8-14-21)22-15-9-4-10-16-22/h2-19H,1H3. The van der Waals surface area contributed by atoms with E-state index >= 15 is 0 Å². The van der Waals surface area contributed by atoms with E-state index in [0.717, 1.165) is 22.8 Å². The van der Waals surface area contributed by atoms with Crippen molar-refractivity contribution in [2.24, 2.45) is 0 Å². The molecule has 1 heterocycles. The van der Waals surface area contributed by atoms with Gasteiger partial charge in [0, 0.05) is 5.56 Å². The van der Waals surface area contributed by atoms with Gasteiger partial charge in [-0.25, -0.2) is 18.9 Å². The Morgan fingerprint density at radius 3 is 1.83 bits per heavy atom. The maximum absolute atomic E-state index is 14.5. The first-order chi connectivity index (χ1) is 17.6. The Bertz CT molecular complexity index is 1410. The van der Waals surface area contributed by atoms with Crippen LogP contribution in [0.25, 0.3) is 11.4 Å². The van der Waals surface area contributed by atoms with Gasteiger partial charge in [0.05, 0.1) is 17.7 Å². The van der Waals surface area contributed by atoms with Crippen LogP contribution in [0.15, 0.2) is 109 Å². The van der Waals surface area contributed by atoms with Crippen molar-refractivity contribution in [3.8, 4) is 11.4 Å². The smallest absolute Gasteiger partial charge is 0.339 e. The largest absolute Gasteiger partial charge is 0.465 e. The maximum atomic E-state index is 14.5. The molecule has 0 N–H and O–H groups in total.